The van der Waals surface area contributed by atoms with Gasteiger partial charge in [0.05, 0.1) is 4.91 Å². The summed E-state index contributed by atoms with van der Waals surface area (Å²) in [4.78, 5) is 50.5. The summed E-state index contributed by atoms with van der Waals surface area (Å²) in [7, 11) is 0. The molecule has 3 rings (SSSR count). The van der Waals surface area contributed by atoms with E-state index in [2.05, 4.69) is 16.0 Å². The standard InChI is InChI=1S/C23H24N4O4S/c1-15(2)25-22(30)26-18-10-6-9-17(14-18)20(28)24-11-12-27-21(29)19(32-23(27)31)13-16-7-4-3-5-8-16/h3-10,13-15H,11-12H2,1-2H3,(H,24,28)(H2,25,26,30)/b19-13-. The van der Waals surface area contributed by atoms with E-state index in [1.807, 2.05) is 44.2 Å². The highest BCUT2D eigenvalue weighted by Gasteiger charge is 2.34. The van der Waals surface area contributed by atoms with Crippen molar-refractivity contribution in [2.45, 2.75) is 19.9 Å². The van der Waals surface area contributed by atoms with Crippen molar-refractivity contribution in [1.29, 1.82) is 0 Å². The zero-order chi connectivity index (χ0) is 23.1. The second-order valence-corrected chi connectivity index (χ2v) is 8.33. The maximum absolute atomic E-state index is 12.5. The Hall–Kier alpha value is -3.59. The normalized spacial score (nSPS) is 14.7. The molecule has 8 nitrogen and oxygen atoms in total. The Morgan fingerprint density at radius 2 is 1.81 bits per heavy atom. The number of anilines is 1. The second kappa shape index (κ2) is 10.6. The first-order valence-electron chi connectivity index (χ1n) is 10.1. The largest absolute Gasteiger partial charge is 0.350 e. The Kier molecular flexibility index (Phi) is 7.67. The first-order chi connectivity index (χ1) is 15.3. The number of imide groups is 1. The van der Waals surface area contributed by atoms with E-state index in [1.165, 1.54) is 0 Å². The Morgan fingerprint density at radius 1 is 1.06 bits per heavy atom. The summed E-state index contributed by atoms with van der Waals surface area (Å²) in [6.07, 6.45) is 1.68. The number of carbonyl (C=O) groups excluding carboxylic acids is 4. The van der Waals surface area contributed by atoms with E-state index in [0.29, 0.717) is 16.2 Å². The Labute approximate surface area is 190 Å². The van der Waals surface area contributed by atoms with Crippen molar-refractivity contribution >= 4 is 46.6 Å². The monoisotopic (exact) mass is 452 g/mol. The van der Waals surface area contributed by atoms with Crippen molar-refractivity contribution in [3.8, 4) is 0 Å². The predicted molar refractivity (Wildman–Crippen MR) is 125 cm³/mol. The maximum atomic E-state index is 12.5. The number of benzene rings is 2. The van der Waals surface area contributed by atoms with Crippen LogP contribution in [-0.2, 0) is 4.79 Å². The van der Waals surface area contributed by atoms with Gasteiger partial charge >= 0.3 is 6.03 Å². The molecule has 3 N–H and O–H groups in total. The summed E-state index contributed by atoms with van der Waals surface area (Å²) in [5.74, 6) is -0.745. The Morgan fingerprint density at radius 3 is 2.53 bits per heavy atom. The molecule has 166 valence electrons. The number of hydrogen-bond acceptors (Lipinski definition) is 5. The molecule has 1 aliphatic heterocycles. The van der Waals surface area contributed by atoms with Crippen molar-refractivity contribution in [2.75, 3.05) is 18.4 Å². The van der Waals surface area contributed by atoms with Crippen molar-refractivity contribution in [1.82, 2.24) is 15.5 Å². The van der Waals surface area contributed by atoms with E-state index in [1.54, 1.807) is 30.3 Å². The quantitative estimate of drug-likeness (QED) is 0.556. The van der Waals surface area contributed by atoms with Gasteiger partial charge in [-0.25, -0.2) is 4.79 Å². The summed E-state index contributed by atoms with van der Waals surface area (Å²) in [6, 6.07) is 15.4. The predicted octanol–water partition coefficient (Wildman–Crippen LogP) is 3.68. The highest BCUT2D eigenvalue weighted by Crippen LogP contribution is 2.31. The lowest BCUT2D eigenvalue weighted by atomic mass is 10.2. The molecule has 2 aromatic rings. The second-order valence-electron chi connectivity index (χ2n) is 7.33. The van der Waals surface area contributed by atoms with Gasteiger partial charge in [0.1, 0.15) is 0 Å². The van der Waals surface area contributed by atoms with Gasteiger partial charge in [0.15, 0.2) is 0 Å². The van der Waals surface area contributed by atoms with E-state index in [0.717, 1.165) is 22.2 Å². The topological polar surface area (TPSA) is 108 Å². The van der Waals surface area contributed by atoms with Gasteiger partial charge in [0.25, 0.3) is 17.1 Å². The lowest BCUT2D eigenvalue weighted by Crippen LogP contribution is -2.37. The maximum Gasteiger partial charge on any atom is 0.319 e. The first kappa shape index (κ1) is 23.1. The molecule has 5 amide bonds. The fraction of sp³-hybridized carbons (Fsp3) is 0.217. The van der Waals surface area contributed by atoms with Crippen molar-refractivity contribution in [2.24, 2.45) is 0 Å². The number of nitrogens with one attached hydrogen (secondary N) is 3. The van der Waals surface area contributed by atoms with Crippen LogP contribution in [0.25, 0.3) is 6.08 Å². The van der Waals surface area contributed by atoms with Gasteiger partial charge in [0.2, 0.25) is 0 Å². The summed E-state index contributed by atoms with van der Waals surface area (Å²) >= 11 is 0.883. The van der Waals surface area contributed by atoms with Crippen LogP contribution in [0.5, 0.6) is 0 Å². The van der Waals surface area contributed by atoms with E-state index < -0.39 is 0 Å². The molecule has 0 bridgehead atoms. The van der Waals surface area contributed by atoms with Crippen LogP contribution in [0.4, 0.5) is 15.3 Å². The molecular weight excluding hydrogens is 428 g/mol. The smallest absolute Gasteiger partial charge is 0.319 e. The molecule has 9 heteroatoms. The lowest BCUT2D eigenvalue weighted by Gasteiger charge is -2.13. The van der Waals surface area contributed by atoms with Crippen LogP contribution in [-0.4, -0.2) is 47.1 Å². The number of hydrogen-bond donors (Lipinski definition) is 3. The third-order valence-electron chi connectivity index (χ3n) is 4.39. The Balaban J connectivity index is 1.54. The zero-order valence-corrected chi connectivity index (χ0v) is 18.6. The average Bonchev–Trinajstić information content (AvgIpc) is 3.01. The van der Waals surface area contributed by atoms with Gasteiger partial charge < -0.3 is 16.0 Å². The van der Waals surface area contributed by atoms with Crippen LogP contribution in [0.2, 0.25) is 0 Å². The minimum absolute atomic E-state index is 0.0151. The summed E-state index contributed by atoms with van der Waals surface area (Å²) < 4.78 is 0. The first-order valence-corrected chi connectivity index (χ1v) is 10.9. The number of carbonyl (C=O) groups is 4. The van der Waals surface area contributed by atoms with Crippen molar-refractivity contribution in [3.63, 3.8) is 0 Å². The number of nitrogens with zero attached hydrogens (tertiary/aromatic N) is 1. The molecule has 1 aliphatic rings. The van der Waals surface area contributed by atoms with Crippen LogP contribution >= 0.6 is 11.8 Å². The molecule has 0 atom stereocenters. The van der Waals surface area contributed by atoms with Crippen LogP contribution < -0.4 is 16.0 Å². The summed E-state index contributed by atoms with van der Waals surface area (Å²) in [5.41, 5.74) is 1.67. The molecule has 0 aromatic heterocycles. The summed E-state index contributed by atoms with van der Waals surface area (Å²) in [6.45, 7) is 3.87. The van der Waals surface area contributed by atoms with E-state index in [-0.39, 0.29) is 42.2 Å². The van der Waals surface area contributed by atoms with Crippen LogP contribution in [0.3, 0.4) is 0 Å². The number of rotatable bonds is 7. The van der Waals surface area contributed by atoms with Crippen molar-refractivity contribution in [3.05, 3.63) is 70.6 Å². The fourth-order valence-corrected chi connectivity index (χ4v) is 3.81. The molecule has 1 fully saturated rings. The minimum atomic E-state index is -0.375. The fourth-order valence-electron chi connectivity index (χ4n) is 2.94. The van der Waals surface area contributed by atoms with Crippen LogP contribution in [0, 0.1) is 0 Å². The molecule has 0 spiro atoms. The zero-order valence-electron chi connectivity index (χ0n) is 17.8. The minimum Gasteiger partial charge on any atom is -0.350 e. The van der Waals surface area contributed by atoms with Gasteiger partial charge in [-0.05, 0) is 55.4 Å². The molecule has 1 saturated heterocycles. The third kappa shape index (κ3) is 6.21. The molecule has 0 aliphatic carbocycles. The third-order valence-corrected chi connectivity index (χ3v) is 5.30. The molecule has 0 unspecified atom stereocenters. The molecule has 0 radical (unpaired) electrons. The highest BCUT2D eigenvalue weighted by atomic mass is 32.2. The lowest BCUT2D eigenvalue weighted by molar-refractivity contribution is -0.122. The molecule has 0 saturated carbocycles. The van der Waals surface area contributed by atoms with Crippen molar-refractivity contribution < 1.29 is 19.2 Å². The van der Waals surface area contributed by atoms with Gasteiger partial charge in [-0.1, -0.05) is 36.4 Å². The molecule has 32 heavy (non-hydrogen) atoms. The van der Waals surface area contributed by atoms with Crippen LogP contribution in [0.1, 0.15) is 29.8 Å². The van der Waals surface area contributed by atoms with E-state index in [9.17, 15) is 19.2 Å². The average molecular weight is 453 g/mol. The number of amides is 5. The number of thioether (sulfide) groups is 1. The molecule has 1 heterocycles. The van der Waals surface area contributed by atoms with Gasteiger partial charge in [-0.3, -0.25) is 19.3 Å². The molecule has 2 aromatic carbocycles. The van der Waals surface area contributed by atoms with Crippen LogP contribution in [0.15, 0.2) is 59.5 Å². The Bertz CT molecular complexity index is 1050. The molecular formula is C23H24N4O4S. The summed E-state index contributed by atoms with van der Waals surface area (Å²) in [5, 5.41) is 7.71. The van der Waals surface area contributed by atoms with E-state index >= 15 is 0 Å². The SMILES string of the molecule is CC(C)NC(=O)Nc1cccc(C(=O)NCCN2C(=O)S/C(=C\c3ccccc3)C2=O)c1. The van der Waals surface area contributed by atoms with Gasteiger partial charge in [-0.15, -0.1) is 0 Å². The highest BCUT2D eigenvalue weighted by molar-refractivity contribution is 8.18. The van der Waals surface area contributed by atoms with E-state index in [4.69, 9.17) is 0 Å². The van der Waals surface area contributed by atoms with Gasteiger partial charge in [0, 0.05) is 30.4 Å². The van der Waals surface area contributed by atoms with Gasteiger partial charge in [-0.2, -0.15) is 0 Å². The number of urea groups is 1.